The fourth-order valence-corrected chi connectivity index (χ4v) is 4.77. The van der Waals surface area contributed by atoms with Crippen molar-refractivity contribution in [2.75, 3.05) is 0 Å². The van der Waals surface area contributed by atoms with Crippen LogP contribution in [0.25, 0.3) is 0 Å². The first-order valence-corrected chi connectivity index (χ1v) is 9.75. The second-order valence-electron chi connectivity index (χ2n) is 6.50. The zero-order chi connectivity index (χ0) is 15.0. The number of rotatable bonds is 4. The zero-order valence-corrected chi connectivity index (χ0v) is 13.9. The van der Waals surface area contributed by atoms with Crippen molar-refractivity contribution in [2.45, 2.75) is 51.4 Å². The number of β-lactam (4-membered cyclic amide) rings is 1. The molecule has 2 atom stereocenters. The van der Waals surface area contributed by atoms with Gasteiger partial charge in [-0.25, -0.2) is 4.79 Å². The van der Waals surface area contributed by atoms with E-state index in [4.69, 9.17) is 11.6 Å². The fraction of sp³-hybridized carbons (Fsp3) is 0.692. The lowest BCUT2D eigenvalue weighted by Crippen LogP contribution is -2.74. The minimum absolute atomic E-state index is 0.0474. The number of carboxylic acids is 1. The molecule has 19 heavy (non-hydrogen) atoms. The van der Waals surface area contributed by atoms with E-state index in [1.165, 1.54) is 5.54 Å². The normalized spacial score (nSPS) is 24.7. The number of hydrogen-bond donors (Lipinski definition) is 1. The summed E-state index contributed by atoms with van der Waals surface area (Å²) in [4.78, 5) is 23.8. The van der Waals surface area contributed by atoms with Crippen LogP contribution in [0.5, 0.6) is 0 Å². The summed E-state index contributed by atoms with van der Waals surface area (Å²) in [5, 5.41) is 9.33. The van der Waals surface area contributed by atoms with Crippen LogP contribution in [0, 0.1) is 5.92 Å². The maximum atomic E-state index is 12.3. The Morgan fingerprint density at radius 3 is 2.37 bits per heavy atom. The Morgan fingerprint density at radius 1 is 1.47 bits per heavy atom. The number of nitrogens with zero attached hydrogens (tertiary/aromatic N) is 1. The Morgan fingerprint density at radius 2 is 2.00 bits per heavy atom. The van der Waals surface area contributed by atoms with E-state index in [0.29, 0.717) is 6.42 Å². The summed E-state index contributed by atoms with van der Waals surface area (Å²) >= 11 is 5.46. The lowest BCUT2D eigenvalue weighted by molar-refractivity contribution is -0.163. The third-order valence-corrected chi connectivity index (χ3v) is 9.94. The molecule has 0 aromatic carbocycles. The molecule has 1 N–H and O–H groups in total. The van der Waals surface area contributed by atoms with Crippen molar-refractivity contribution in [3.05, 3.63) is 11.6 Å². The second-order valence-corrected chi connectivity index (χ2v) is 11.9. The predicted molar refractivity (Wildman–Crippen MR) is 78.6 cm³/mol. The highest BCUT2D eigenvalue weighted by molar-refractivity contribution is 6.80. The number of aliphatic carboxylic acids is 1. The van der Waals surface area contributed by atoms with E-state index in [1.807, 2.05) is 0 Å². The topological polar surface area (TPSA) is 57.6 Å². The highest BCUT2D eigenvalue weighted by Gasteiger charge is 2.59. The quantitative estimate of drug-likeness (QED) is 0.641. The minimum Gasteiger partial charge on any atom is -0.480 e. The van der Waals surface area contributed by atoms with Gasteiger partial charge in [0.1, 0.15) is 6.04 Å². The fourth-order valence-electron chi connectivity index (χ4n) is 2.24. The number of amides is 1. The molecule has 108 valence electrons. The molecule has 0 spiro atoms. The lowest BCUT2D eigenvalue weighted by atomic mass is 9.87. The predicted octanol–water partition coefficient (Wildman–Crippen LogP) is 3.05. The molecule has 0 bridgehead atoms. The van der Waals surface area contributed by atoms with Crippen molar-refractivity contribution in [3.63, 3.8) is 0 Å². The molecule has 2 unspecified atom stereocenters. The summed E-state index contributed by atoms with van der Waals surface area (Å²) in [6.45, 7) is 10.3. The number of allylic oxidation sites excluding steroid dienone is 1. The average Bonchev–Trinajstić information content (AvgIpc) is 2.23. The maximum Gasteiger partial charge on any atom is 0.326 e. The van der Waals surface area contributed by atoms with Crippen molar-refractivity contribution < 1.29 is 14.7 Å². The third-order valence-electron chi connectivity index (χ3n) is 4.38. The van der Waals surface area contributed by atoms with Crippen LogP contribution in [-0.4, -0.2) is 35.8 Å². The van der Waals surface area contributed by atoms with Gasteiger partial charge in [-0.05, 0) is 11.5 Å². The van der Waals surface area contributed by atoms with Crippen molar-refractivity contribution in [1.29, 1.82) is 0 Å². The first kappa shape index (κ1) is 16.2. The van der Waals surface area contributed by atoms with E-state index in [9.17, 15) is 14.7 Å². The Kier molecular flexibility index (Phi) is 4.52. The molecule has 0 aromatic heterocycles. The zero-order valence-electron chi connectivity index (χ0n) is 12.1. The Hall–Kier alpha value is -0.813. The maximum absolute atomic E-state index is 12.3. The largest absolute Gasteiger partial charge is 0.480 e. The number of carbonyl (C=O) groups is 2. The van der Waals surface area contributed by atoms with Crippen LogP contribution in [0.15, 0.2) is 11.6 Å². The van der Waals surface area contributed by atoms with E-state index in [0.717, 1.165) is 0 Å². The summed E-state index contributed by atoms with van der Waals surface area (Å²) in [6.07, 6.45) is 2.04. The first-order chi connectivity index (χ1) is 8.55. The molecular formula is C13H22ClNO3Si. The van der Waals surface area contributed by atoms with Crippen LogP contribution in [0.3, 0.4) is 0 Å². The molecule has 1 heterocycles. The summed E-state index contributed by atoms with van der Waals surface area (Å²) in [5.41, 5.74) is 1.33. The average molecular weight is 304 g/mol. The van der Waals surface area contributed by atoms with Crippen molar-refractivity contribution in [1.82, 2.24) is 4.57 Å². The van der Waals surface area contributed by atoms with Gasteiger partial charge in [0.25, 0.3) is 0 Å². The molecular weight excluding hydrogens is 282 g/mol. The minimum atomic E-state index is -2.15. The molecule has 0 saturated carbocycles. The van der Waals surface area contributed by atoms with Crippen molar-refractivity contribution in [3.8, 4) is 0 Å². The molecule has 6 heteroatoms. The van der Waals surface area contributed by atoms with Gasteiger partial charge in [0, 0.05) is 5.54 Å². The van der Waals surface area contributed by atoms with Crippen molar-refractivity contribution in [2.24, 2.45) is 5.92 Å². The van der Waals surface area contributed by atoms with E-state index in [2.05, 4.69) is 33.9 Å². The summed E-state index contributed by atoms with van der Waals surface area (Å²) < 4.78 is 1.64. The molecule has 1 aliphatic heterocycles. The van der Waals surface area contributed by atoms with Crippen LogP contribution in [0.1, 0.15) is 27.2 Å². The van der Waals surface area contributed by atoms with Gasteiger partial charge in [0.2, 0.25) is 5.91 Å². The molecule has 0 aliphatic carbocycles. The van der Waals surface area contributed by atoms with Gasteiger partial charge in [-0.3, -0.25) is 4.79 Å². The number of halogens is 1. The first-order valence-electron chi connectivity index (χ1n) is 6.37. The molecule has 4 nitrogen and oxygen atoms in total. The van der Waals surface area contributed by atoms with Gasteiger partial charge in [-0.1, -0.05) is 51.5 Å². The van der Waals surface area contributed by atoms with Crippen LogP contribution in [0.4, 0.5) is 0 Å². The molecule has 1 fully saturated rings. The van der Waals surface area contributed by atoms with E-state index >= 15 is 0 Å². The monoisotopic (exact) mass is 303 g/mol. The van der Waals surface area contributed by atoms with Crippen LogP contribution in [0.2, 0.25) is 18.1 Å². The second kappa shape index (κ2) is 5.29. The summed E-state index contributed by atoms with van der Waals surface area (Å²) in [6, 6.07) is -0.707. The highest BCUT2D eigenvalue weighted by Crippen LogP contribution is 2.45. The number of carbonyl (C=O) groups excluding carboxylic acids is 1. The lowest BCUT2D eigenvalue weighted by Gasteiger charge is -2.56. The van der Waals surface area contributed by atoms with Gasteiger partial charge >= 0.3 is 5.97 Å². The smallest absolute Gasteiger partial charge is 0.326 e. The van der Waals surface area contributed by atoms with Crippen molar-refractivity contribution >= 4 is 31.7 Å². The number of carboxylic acid groups (broad SMARTS) is 1. The van der Waals surface area contributed by atoms with Gasteiger partial charge in [-0.2, -0.15) is 0 Å². The molecule has 1 saturated heterocycles. The van der Waals surface area contributed by atoms with E-state index < -0.39 is 26.2 Å². The number of hydrogen-bond acceptors (Lipinski definition) is 2. The van der Waals surface area contributed by atoms with Crippen LogP contribution in [-0.2, 0) is 9.59 Å². The Balaban J connectivity index is 3.04. The third kappa shape index (κ3) is 2.72. The molecule has 1 aliphatic rings. The van der Waals surface area contributed by atoms with Crippen LogP contribution < -0.4 is 0 Å². The molecule has 1 rings (SSSR count). The highest BCUT2D eigenvalue weighted by atomic mass is 35.5. The SMILES string of the molecule is CC(C)(C)[Si](C)(C)N1C(=O)C(C/C=C/Cl)C1C(=O)O. The van der Waals surface area contributed by atoms with E-state index in [1.54, 1.807) is 10.6 Å². The Labute approximate surface area is 120 Å². The van der Waals surface area contributed by atoms with Gasteiger partial charge in [-0.15, -0.1) is 0 Å². The van der Waals surface area contributed by atoms with E-state index in [-0.39, 0.29) is 10.9 Å². The Bertz CT molecular complexity index is 415. The molecule has 1 amide bonds. The molecule has 0 aromatic rings. The van der Waals surface area contributed by atoms with Gasteiger partial charge in [0.15, 0.2) is 8.24 Å². The standard InChI is InChI=1S/C13H22ClNO3Si/c1-13(2,3)19(4,5)15-10(12(17)18)9(11(15)16)7-6-8-14/h6,8-10H,7H2,1-5H3,(H,17,18)/b8-6+. The van der Waals surface area contributed by atoms with Gasteiger partial charge < -0.3 is 9.67 Å². The van der Waals surface area contributed by atoms with Gasteiger partial charge in [0.05, 0.1) is 5.92 Å². The summed E-state index contributed by atoms with van der Waals surface area (Å²) in [5.74, 6) is -1.44. The van der Waals surface area contributed by atoms with Crippen LogP contribution >= 0.6 is 11.6 Å². The summed E-state index contributed by atoms with van der Waals surface area (Å²) in [7, 11) is -2.15. The molecule has 0 radical (unpaired) electrons.